The van der Waals surface area contributed by atoms with Gasteiger partial charge in [0.1, 0.15) is 0 Å². The predicted octanol–water partition coefficient (Wildman–Crippen LogP) is 3.81. The molecule has 3 nitrogen and oxygen atoms in total. The SMILES string of the molecule is CCCC12COC(c3ccc(Br)cc3)(OC1)OC2C. The molecule has 0 amide bonds. The molecule has 19 heavy (non-hydrogen) atoms. The Bertz CT molecular complexity index is 449. The van der Waals surface area contributed by atoms with Crippen molar-refractivity contribution < 1.29 is 14.2 Å². The number of ether oxygens (including phenoxy) is 3. The standard InChI is InChI=1S/C15H19BrO3/c1-3-8-14-9-17-15(18-10-14,19-11(14)2)12-4-6-13(16)7-5-12/h4-7,11H,3,8-10H2,1-2H3. The maximum atomic E-state index is 6.09. The first kappa shape index (κ1) is 13.6. The van der Waals surface area contributed by atoms with Gasteiger partial charge in [0.2, 0.25) is 0 Å². The zero-order valence-corrected chi connectivity index (χ0v) is 12.9. The number of rotatable bonds is 3. The Kier molecular flexibility index (Phi) is 3.46. The molecule has 0 spiro atoms. The van der Waals surface area contributed by atoms with E-state index in [1.54, 1.807) is 0 Å². The Balaban J connectivity index is 1.87. The Morgan fingerprint density at radius 3 is 2.37 bits per heavy atom. The summed E-state index contributed by atoms with van der Waals surface area (Å²) in [5, 5.41) is 0. The second-order valence-electron chi connectivity index (χ2n) is 5.51. The Labute approximate surface area is 122 Å². The second-order valence-corrected chi connectivity index (χ2v) is 6.43. The van der Waals surface area contributed by atoms with Crippen LogP contribution >= 0.6 is 15.9 Å². The third-order valence-corrected chi connectivity index (χ3v) is 4.77. The number of fused-ring (bicyclic) bond motifs is 3. The first-order valence-electron chi connectivity index (χ1n) is 6.82. The zero-order chi connectivity index (χ0) is 13.5. The van der Waals surface area contributed by atoms with Gasteiger partial charge >= 0.3 is 5.97 Å². The van der Waals surface area contributed by atoms with Crippen molar-refractivity contribution in [1.82, 2.24) is 0 Å². The number of hydrogen-bond donors (Lipinski definition) is 0. The average molecular weight is 327 g/mol. The van der Waals surface area contributed by atoms with E-state index in [0.29, 0.717) is 13.2 Å². The van der Waals surface area contributed by atoms with Crippen molar-refractivity contribution in [2.24, 2.45) is 5.41 Å². The van der Waals surface area contributed by atoms with Crippen molar-refractivity contribution in [3.05, 3.63) is 34.3 Å². The lowest BCUT2D eigenvalue weighted by atomic mass is 9.78. The fourth-order valence-electron chi connectivity index (χ4n) is 2.96. The summed E-state index contributed by atoms with van der Waals surface area (Å²) < 4.78 is 19.0. The molecule has 4 heteroatoms. The van der Waals surface area contributed by atoms with E-state index in [1.165, 1.54) is 0 Å². The minimum atomic E-state index is -1.00. The van der Waals surface area contributed by atoms with Crippen molar-refractivity contribution in [1.29, 1.82) is 0 Å². The molecule has 0 saturated carbocycles. The molecule has 1 aromatic rings. The van der Waals surface area contributed by atoms with Crippen LogP contribution in [0.4, 0.5) is 0 Å². The molecule has 1 atom stereocenters. The fraction of sp³-hybridized carbons (Fsp3) is 0.600. The minimum Gasteiger partial charge on any atom is -0.323 e. The van der Waals surface area contributed by atoms with Gasteiger partial charge < -0.3 is 14.2 Å². The van der Waals surface area contributed by atoms with Gasteiger partial charge in [-0.3, -0.25) is 0 Å². The van der Waals surface area contributed by atoms with Crippen LogP contribution in [0.15, 0.2) is 28.7 Å². The number of hydrogen-bond acceptors (Lipinski definition) is 3. The van der Waals surface area contributed by atoms with Crippen LogP contribution in [0.1, 0.15) is 32.3 Å². The van der Waals surface area contributed by atoms with Gasteiger partial charge in [-0.2, -0.15) is 0 Å². The molecular formula is C15H19BrO3. The zero-order valence-electron chi connectivity index (χ0n) is 11.3. The third-order valence-electron chi connectivity index (χ3n) is 4.24. The molecule has 0 radical (unpaired) electrons. The molecule has 104 valence electrons. The van der Waals surface area contributed by atoms with Crippen LogP contribution in [0.25, 0.3) is 0 Å². The van der Waals surface area contributed by atoms with Crippen molar-refractivity contribution in [2.45, 2.75) is 38.8 Å². The molecule has 3 aliphatic rings. The highest BCUT2D eigenvalue weighted by atomic mass is 79.9. The van der Waals surface area contributed by atoms with Gasteiger partial charge in [0.25, 0.3) is 0 Å². The lowest BCUT2D eigenvalue weighted by Crippen LogP contribution is -2.62. The summed E-state index contributed by atoms with van der Waals surface area (Å²) in [6, 6.07) is 7.92. The first-order chi connectivity index (χ1) is 9.10. The molecule has 3 heterocycles. The van der Waals surface area contributed by atoms with Crippen LogP contribution < -0.4 is 0 Å². The highest BCUT2D eigenvalue weighted by molar-refractivity contribution is 9.10. The van der Waals surface area contributed by atoms with Crippen LogP contribution in [-0.2, 0) is 20.2 Å². The highest BCUT2D eigenvalue weighted by Gasteiger charge is 2.56. The van der Waals surface area contributed by atoms with Crippen LogP contribution in [0.5, 0.6) is 0 Å². The number of halogens is 1. The van der Waals surface area contributed by atoms with Crippen molar-refractivity contribution in [3.63, 3.8) is 0 Å². The van der Waals surface area contributed by atoms with Gasteiger partial charge in [-0.15, -0.1) is 0 Å². The van der Waals surface area contributed by atoms with Crippen molar-refractivity contribution in [3.8, 4) is 0 Å². The van der Waals surface area contributed by atoms with Gasteiger partial charge in [0.15, 0.2) is 0 Å². The van der Waals surface area contributed by atoms with E-state index < -0.39 is 5.97 Å². The molecular weight excluding hydrogens is 308 g/mol. The summed E-state index contributed by atoms with van der Waals surface area (Å²) in [6.07, 6.45) is 2.34. The fourth-order valence-corrected chi connectivity index (χ4v) is 3.22. The van der Waals surface area contributed by atoms with E-state index in [0.717, 1.165) is 22.9 Å². The van der Waals surface area contributed by atoms with E-state index in [9.17, 15) is 0 Å². The normalized spacial score (nSPS) is 37.5. The van der Waals surface area contributed by atoms with Crippen LogP contribution in [0.3, 0.4) is 0 Å². The smallest absolute Gasteiger partial charge is 0.312 e. The summed E-state index contributed by atoms with van der Waals surface area (Å²) in [4.78, 5) is 0. The second kappa shape index (κ2) is 4.85. The summed E-state index contributed by atoms with van der Waals surface area (Å²) in [6.45, 7) is 5.73. The number of benzene rings is 1. The minimum absolute atomic E-state index is 0.0197. The van der Waals surface area contributed by atoms with E-state index in [-0.39, 0.29) is 11.5 Å². The molecule has 1 unspecified atom stereocenters. The van der Waals surface area contributed by atoms with Gasteiger partial charge in [0.05, 0.1) is 19.3 Å². The molecule has 1 aromatic carbocycles. The molecule has 2 bridgehead atoms. The Morgan fingerprint density at radius 1 is 1.21 bits per heavy atom. The van der Waals surface area contributed by atoms with Crippen LogP contribution in [0, 0.1) is 5.41 Å². The third kappa shape index (κ3) is 2.15. The first-order valence-corrected chi connectivity index (χ1v) is 7.61. The van der Waals surface area contributed by atoms with Gasteiger partial charge in [-0.25, -0.2) is 0 Å². The molecule has 3 fully saturated rings. The lowest BCUT2D eigenvalue weighted by molar-refractivity contribution is -0.498. The van der Waals surface area contributed by atoms with E-state index in [2.05, 4.69) is 29.8 Å². The topological polar surface area (TPSA) is 27.7 Å². The largest absolute Gasteiger partial charge is 0.323 e. The summed E-state index contributed by atoms with van der Waals surface area (Å²) in [5.41, 5.74) is 0.943. The van der Waals surface area contributed by atoms with E-state index in [1.807, 2.05) is 24.3 Å². The average Bonchev–Trinajstić information content (AvgIpc) is 2.42. The summed E-state index contributed by atoms with van der Waals surface area (Å²) in [7, 11) is 0. The molecule has 3 aliphatic heterocycles. The highest BCUT2D eigenvalue weighted by Crippen LogP contribution is 2.49. The maximum absolute atomic E-state index is 6.09. The van der Waals surface area contributed by atoms with Crippen molar-refractivity contribution >= 4 is 15.9 Å². The Morgan fingerprint density at radius 2 is 1.84 bits per heavy atom. The van der Waals surface area contributed by atoms with Crippen LogP contribution in [0.2, 0.25) is 0 Å². The molecule has 3 saturated heterocycles. The molecule has 0 aromatic heterocycles. The maximum Gasteiger partial charge on any atom is 0.312 e. The quantitative estimate of drug-likeness (QED) is 0.845. The summed E-state index contributed by atoms with van der Waals surface area (Å²) in [5.74, 6) is -1.00. The molecule has 0 N–H and O–H groups in total. The van der Waals surface area contributed by atoms with Gasteiger partial charge in [-0.05, 0) is 37.6 Å². The van der Waals surface area contributed by atoms with Gasteiger partial charge in [0, 0.05) is 15.5 Å². The predicted molar refractivity (Wildman–Crippen MR) is 75.6 cm³/mol. The molecule has 4 rings (SSSR count). The van der Waals surface area contributed by atoms with Crippen LogP contribution in [-0.4, -0.2) is 19.3 Å². The van der Waals surface area contributed by atoms with Crippen molar-refractivity contribution in [2.75, 3.05) is 13.2 Å². The lowest BCUT2D eigenvalue weighted by Gasteiger charge is -2.55. The molecule has 0 aliphatic carbocycles. The van der Waals surface area contributed by atoms with Gasteiger partial charge in [-0.1, -0.05) is 29.3 Å². The van der Waals surface area contributed by atoms with E-state index >= 15 is 0 Å². The van der Waals surface area contributed by atoms with E-state index in [4.69, 9.17) is 14.2 Å². The summed E-state index contributed by atoms with van der Waals surface area (Å²) >= 11 is 3.44. The monoisotopic (exact) mass is 326 g/mol. The Hall–Kier alpha value is -0.420.